The number of piperidine rings is 1. The SMILES string of the molecule is CNCCC1CCN(c2ncc(Br)cc2Br)CC1. The van der Waals surface area contributed by atoms with Crippen LogP contribution in [-0.4, -0.2) is 31.7 Å². The third kappa shape index (κ3) is 3.68. The molecule has 2 rings (SSSR count). The molecule has 2 heterocycles. The van der Waals surface area contributed by atoms with Crippen LogP contribution in [0.15, 0.2) is 21.2 Å². The van der Waals surface area contributed by atoms with Crippen molar-refractivity contribution in [2.45, 2.75) is 19.3 Å². The number of rotatable bonds is 4. The fourth-order valence-corrected chi connectivity index (χ4v) is 3.66. The first kappa shape index (κ1) is 14.3. The van der Waals surface area contributed by atoms with Crippen LogP contribution < -0.4 is 10.2 Å². The van der Waals surface area contributed by atoms with Gasteiger partial charge in [0.25, 0.3) is 0 Å². The van der Waals surface area contributed by atoms with Gasteiger partial charge < -0.3 is 10.2 Å². The summed E-state index contributed by atoms with van der Waals surface area (Å²) in [7, 11) is 2.03. The minimum Gasteiger partial charge on any atom is -0.356 e. The van der Waals surface area contributed by atoms with E-state index in [0.29, 0.717) is 0 Å². The van der Waals surface area contributed by atoms with Crippen LogP contribution in [-0.2, 0) is 0 Å². The Morgan fingerprint density at radius 1 is 1.39 bits per heavy atom. The van der Waals surface area contributed by atoms with Crippen LogP contribution in [0.1, 0.15) is 19.3 Å². The van der Waals surface area contributed by atoms with Crippen LogP contribution in [0.2, 0.25) is 0 Å². The van der Waals surface area contributed by atoms with Crippen LogP contribution in [0.4, 0.5) is 5.82 Å². The van der Waals surface area contributed by atoms with Gasteiger partial charge >= 0.3 is 0 Å². The normalized spacial score (nSPS) is 17.2. The van der Waals surface area contributed by atoms with Gasteiger partial charge in [0.1, 0.15) is 5.82 Å². The summed E-state index contributed by atoms with van der Waals surface area (Å²) in [5, 5.41) is 3.23. The summed E-state index contributed by atoms with van der Waals surface area (Å²) < 4.78 is 2.09. The number of hydrogen-bond donors (Lipinski definition) is 1. The van der Waals surface area contributed by atoms with Crippen LogP contribution in [0.25, 0.3) is 0 Å². The fourth-order valence-electron chi connectivity index (χ4n) is 2.42. The number of hydrogen-bond acceptors (Lipinski definition) is 3. The van der Waals surface area contributed by atoms with E-state index in [-0.39, 0.29) is 0 Å². The molecule has 100 valence electrons. The molecule has 0 spiro atoms. The molecule has 3 nitrogen and oxygen atoms in total. The van der Waals surface area contributed by atoms with E-state index in [1.807, 2.05) is 13.2 Å². The Kier molecular flexibility index (Phi) is 5.45. The predicted molar refractivity (Wildman–Crippen MR) is 83.1 cm³/mol. The first-order valence-electron chi connectivity index (χ1n) is 6.41. The quantitative estimate of drug-likeness (QED) is 0.872. The minimum atomic E-state index is 0.864. The van der Waals surface area contributed by atoms with Crippen molar-refractivity contribution in [3.63, 3.8) is 0 Å². The summed E-state index contributed by atoms with van der Waals surface area (Å²) in [6, 6.07) is 2.06. The Morgan fingerprint density at radius 2 is 2.11 bits per heavy atom. The van der Waals surface area contributed by atoms with Gasteiger partial charge in [0.05, 0.1) is 4.47 Å². The second-order valence-electron chi connectivity index (χ2n) is 4.78. The summed E-state index contributed by atoms with van der Waals surface area (Å²) >= 11 is 7.04. The lowest BCUT2D eigenvalue weighted by molar-refractivity contribution is 0.377. The number of pyridine rings is 1. The Bertz CT molecular complexity index is 390. The van der Waals surface area contributed by atoms with E-state index in [2.05, 4.69) is 53.1 Å². The summed E-state index contributed by atoms with van der Waals surface area (Å²) in [5.41, 5.74) is 0. The highest BCUT2D eigenvalue weighted by molar-refractivity contribution is 9.11. The number of nitrogens with zero attached hydrogens (tertiary/aromatic N) is 2. The maximum Gasteiger partial charge on any atom is 0.142 e. The first-order chi connectivity index (χ1) is 8.70. The molecule has 1 fully saturated rings. The van der Waals surface area contributed by atoms with Gasteiger partial charge in [0.15, 0.2) is 0 Å². The average molecular weight is 377 g/mol. The van der Waals surface area contributed by atoms with Crippen molar-refractivity contribution in [2.75, 3.05) is 31.6 Å². The second-order valence-corrected chi connectivity index (χ2v) is 6.55. The summed E-state index contributed by atoms with van der Waals surface area (Å²) in [4.78, 5) is 6.89. The van der Waals surface area contributed by atoms with E-state index in [1.165, 1.54) is 19.3 Å². The van der Waals surface area contributed by atoms with Gasteiger partial charge in [-0.05, 0) is 76.7 Å². The van der Waals surface area contributed by atoms with Gasteiger partial charge in [-0.15, -0.1) is 0 Å². The molecule has 1 saturated heterocycles. The number of aromatic nitrogens is 1. The first-order valence-corrected chi connectivity index (χ1v) is 8.00. The van der Waals surface area contributed by atoms with Crippen LogP contribution >= 0.6 is 31.9 Å². The van der Waals surface area contributed by atoms with Gasteiger partial charge in [-0.2, -0.15) is 0 Å². The van der Waals surface area contributed by atoms with E-state index < -0.39 is 0 Å². The molecule has 0 saturated carbocycles. The standard InChI is InChI=1S/C13H19Br2N3/c1-16-5-2-10-3-6-18(7-4-10)13-12(15)8-11(14)9-17-13/h8-10,16H,2-7H2,1H3. The smallest absolute Gasteiger partial charge is 0.142 e. The zero-order valence-electron chi connectivity index (χ0n) is 10.6. The summed E-state index contributed by atoms with van der Waals surface area (Å²) in [6.45, 7) is 3.36. The van der Waals surface area contributed by atoms with Crippen molar-refractivity contribution in [3.05, 3.63) is 21.2 Å². The monoisotopic (exact) mass is 375 g/mol. The Hall–Kier alpha value is -0.130. The molecule has 0 atom stereocenters. The van der Waals surface area contributed by atoms with E-state index in [9.17, 15) is 0 Å². The number of anilines is 1. The topological polar surface area (TPSA) is 28.2 Å². The van der Waals surface area contributed by atoms with Crippen LogP contribution in [0, 0.1) is 5.92 Å². The molecule has 0 unspecified atom stereocenters. The van der Waals surface area contributed by atoms with Gasteiger partial charge in [-0.3, -0.25) is 0 Å². The molecule has 1 N–H and O–H groups in total. The average Bonchev–Trinajstić information content (AvgIpc) is 2.37. The van der Waals surface area contributed by atoms with E-state index in [4.69, 9.17) is 0 Å². The summed E-state index contributed by atoms with van der Waals surface area (Å²) in [5.74, 6) is 1.94. The molecule has 1 aromatic heterocycles. The number of halogens is 2. The molecular formula is C13H19Br2N3. The molecule has 0 bridgehead atoms. The molecule has 1 aromatic rings. The lowest BCUT2D eigenvalue weighted by Crippen LogP contribution is -2.35. The Labute approximate surface area is 126 Å². The molecule has 0 radical (unpaired) electrons. The molecule has 0 aromatic carbocycles. The Balaban J connectivity index is 1.93. The van der Waals surface area contributed by atoms with Gasteiger partial charge in [-0.25, -0.2) is 4.98 Å². The van der Waals surface area contributed by atoms with Gasteiger partial charge in [0.2, 0.25) is 0 Å². The molecular weight excluding hydrogens is 358 g/mol. The molecule has 5 heteroatoms. The summed E-state index contributed by atoms with van der Waals surface area (Å²) in [6.07, 6.45) is 5.70. The zero-order chi connectivity index (χ0) is 13.0. The maximum atomic E-state index is 4.51. The van der Waals surface area contributed by atoms with E-state index in [0.717, 1.165) is 40.3 Å². The second kappa shape index (κ2) is 6.87. The van der Waals surface area contributed by atoms with Crippen molar-refractivity contribution >= 4 is 37.7 Å². The van der Waals surface area contributed by atoms with E-state index >= 15 is 0 Å². The molecule has 0 aliphatic carbocycles. The number of nitrogens with one attached hydrogen (secondary N) is 1. The van der Waals surface area contributed by atoms with Crippen molar-refractivity contribution in [1.82, 2.24) is 10.3 Å². The highest BCUT2D eigenvalue weighted by Gasteiger charge is 2.21. The van der Waals surface area contributed by atoms with Gasteiger partial charge in [0, 0.05) is 23.8 Å². The van der Waals surface area contributed by atoms with Crippen LogP contribution in [0.5, 0.6) is 0 Å². The lowest BCUT2D eigenvalue weighted by atomic mass is 9.93. The van der Waals surface area contributed by atoms with Crippen molar-refractivity contribution in [3.8, 4) is 0 Å². The maximum absolute atomic E-state index is 4.51. The lowest BCUT2D eigenvalue weighted by Gasteiger charge is -2.33. The van der Waals surface area contributed by atoms with Crippen molar-refractivity contribution in [1.29, 1.82) is 0 Å². The molecule has 0 amide bonds. The fraction of sp³-hybridized carbons (Fsp3) is 0.615. The van der Waals surface area contributed by atoms with Crippen LogP contribution in [0.3, 0.4) is 0 Å². The highest BCUT2D eigenvalue weighted by Crippen LogP contribution is 2.30. The third-order valence-corrected chi connectivity index (χ3v) is 4.52. The molecule has 18 heavy (non-hydrogen) atoms. The largest absolute Gasteiger partial charge is 0.356 e. The molecule has 1 aliphatic heterocycles. The Morgan fingerprint density at radius 3 is 2.72 bits per heavy atom. The highest BCUT2D eigenvalue weighted by atomic mass is 79.9. The van der Waals surface area contributed by atoms with Crippen molar-refractivity contribution in [2.24, 2.45) is 5.92 Å². The third-order valence-electron chi connectivity index (χ3n) is 3.51. The van der Waals surface area contributed by atoms with Gasteiger partial charge in [-0.1, -0.05) is 0 Å². The minimum absolute atomic E-state index is 0.864. The van der Waals surface area contributed by atoms with Crippen molar-refractivity contribution < 1.29 is 0 Å². The van der Waals surface area contributed by atoms with E-state index in [1.54, 1.807) is 0 Å². The molecule has 1 aliphatic rings. The predicted octanol–water partition coefficient (Wildman–Crippen LogP) is 3.43. The zero-order valence-corrected chi connectivity index (χ0v) is 13.8.